The van der Waals surface area contributed by atoms with E-state index in [0.29, 0.717) is 19.6 Å². The van der Waals surface area contributed by atoms with Gasteiger partial charge in [-0.05, 0) is 37.8 Å². The van der Waals surface area contributed by atoms with Crippen LogP contribution in [0.25, 0.3) is 0 Å². The predicted octanol–water partition coefficient (Wildman–Crippen LogP) is 2.00. The van der Waals surface area contributed by atoms with Crippen molar-refractivity contribution in [2.24, 2.45) is 0 Å². The molecule has 0 spiro atoms. The smallest absolute Gasteiger partial charge is 0.260 e. The van der Waals surface area contributed by atoms with Gasteiger partial charge in [0, 0.05) is 26.6 Å². The van der Waals surface area contributed by atoms with Crippen molar-refractivity contribution in [1.82, 2.24) is 24.6 Å². The molecule has 2 aliphatic heterocycles. The van der Waals surface area contributed by atoms with Crippen LogP contribution < -0.4 is 4.74 Å². The summed E-state index contributed by atoms with van der Waals surface area (Å²) in [4.78, 5) is 28.2. The van der Waals surface area contributed by atoms with E-state index in [4.69, 9.17) is 4.74 Å². The Morgan fingerprint density at radius 2 is 1.90 bits per heavy atom. The van der Waals surface area contributed by atoms with E-state index in [0.717, 1.165) is 47.9 Å². The van der Waals surface area contributed by atoms with Gasteiger partial charge in [-0.15, -0.1) is 10.2 Å². The van der Waals surface area contributed by atoms with E-state index in [2.05, 4.69) is 14.8 Å². The number of para-hydroxylation sites is 1. The lowest BCUT2D eigenvalue weighted by molar-refractivity contribution is -0.134. The van der Waals surface area contributed by atoms with E-state index in [-0.39, 0.29) is 24.5 Å². The lowest BCUT2D eigenvalue weighted by Crippen LogP contribution is -2.41. The second-order valence-corrected chi connectivity index (χ2v) is 7.82. The van der Waals surface area contributed by atoms with Crippen LogP contribution in [0.4, 0.5) is 0 Å². The van der Waals surface area contributed by atoms with Gasteiger partial charge < -0.3 is 19.1 Å². The fraction of sp³-hybridized carbons (Fsp3) is 0.524. The van der Waals surface area contributed by atoms with Gasteiger partial charge in [-0.25, -0.2) is 0 Å². The molecule has 1 saturated heterocycles. The Bertz CT molecular complexity index is 918. The third-order valence-electron chi connectivity index (χ3n) is 5.84. The highest BCUT2D eigenvalue weighted by Gasteiger charge is 2.34. The van der Waals surface area contributed by atoms with E-state index < -0.39 is 0 Å². The molecule has 1 aromatic carbocycles. The number of amides is 2. The molecule has 1 atom stereocenters. The van der Waals surface area contributed by atoms with Gasteiger partial charge in [-0.3, -0.25) is 9.59 Å². The average molecular weight is 397 g/mol. The summed E-state index contributed by atoms with van der Waals surface area (Å²) in [6, 6.07) is 5.92. The molecule has 3 heterocycles. The van der Waals surface area contributed by atoms with Gasteiger partial charge in [0.25, 0.3) is 5.91 Å². The summed E-state index contributed by atoms with van der Waals surface area (Å²) in [5, 5.41) is 8.69. The zero-order valence-corrected chi connectivity index (χ0v) is 17.2. The van der Waals surface area contributed by atoms with Crippen molar-refractivity contribution in [1.29, 1.82) is 0 Å². The van der Waals surface area contributed by atoms with Gasteiger partial charge >= 0.3 is 0 Å². The van der Waals surface area contributed by atoms with Crippen molar-refractivity contribution in [2.75, 3.05) is 19.7 Å². The quantitative estimate of drug-likeness (QED) is 0.788. The highest BCUT2D eigenvalue weighted by molar-refractivity contribution is 5.78. The summed E-state index contributed by atoms with van der Waals surface area (Å²) in [6.07, 6.45) is 1.89. The monoisotopic (exact) mass is 397 g/mol. The fourth-order valence-electron chi connectivity index (χ4n) is 4.30. The minimum absolute atomic E-state index is 0.00737. The maximum atomic E-state index is 12.7. The second-order valence-electron chi connectivity index (χ2n) is 7.82. The largest absolute Gasteiger partial charge is 0.483 e. The van der Waals surface area contributed by atoms with Crippen molar-refractivity contribution >= 4 is 11.8 Å². The molecule has 0 bridgehead atoms. The molecule has 0 aliphatic carbocycles. The highest BCUT2D eigenvalue weighted by Crippen LogP contribution is 2.32. The van der Waals surface area contributed by atoms with Crippen molar-refractivity contribution in [3.63, 3.8) is 0 Å². The van der Waals surface area contributed by atoms with Gasteiger partial charge in [0.15, 0.2) is 18.3 Å². The van der Waals surface area contributed by atoms with Crippen LogP contribution in [0.3, 0.4) is 0 Å². The number of carbonyl (C=O) groups is 2. The number of aryl methyl sites for hydroxylation is 2. The number of hydrogen-bond donors (Lipinski definition) is 0. The Balaban J connectivity index is 1.42. The molecule has 2 aliphatic rings. The normalized spacial score (nSPS) is 18.7. The Morgan fingerprint density at radius 3 is 2.62 bits per heavy atom. The predicted molar refractivity (Wildman–Crippen MR) is 106 cm³/mol. The molecule has 8 heteroatoms. The summed E-state index contributed by atoms with van der Waals surface area (Å²) in [6.45, 7) is 7.96. The van der Waals surface area contributed by atoms with E-state index in [1.165, 1.54) is 0 Å². The lowest BCUT2D eigenvalue weighted by atomic mass is 10.1. The molecule has 0 saturated carbocycles. The zero-order chi connectivity index (χ0) is 20.5. The molecular weight excluding hydrogens is 370 g/mol. The average Bonchev–Trinajstić information content (AvgIpc) is 3.33. The van der Waals surface area contributed by atoms with Crippen LogP contribution in [0.5, 0.6) is 5.75 Å². The molecule has 1 fully saturated rings. The van der Waals surface area contributed by atoms with Crippen LogP contribution in [0, 0.1) is 13.8 Å². The summed E-state index contributed by atoms with van der Waals surface area (Å²) >= 11 is 0. The third-order valence-corrected chi connectivity index (χ3v) is 5.84. The van der Waals surface area contributed by atoms with E-state index >= 15 is 0 Å². The molecule has 2 amide bonds. The van der Waals surface area contributed by atoms with Crippen molar-refractivity contribution < 1.29 is 14.3 Å². The van der Waals surface area contributed by atoms with Crippen LogP contribution in [-0.2, 0) is 22.7 Å². The Hall–Kier alpha value is -2.90. The van der Waals surface area contributed by atoms with Gasteiger partial charge in [0.1, 0.15) is 5.75 Å². The summed E-state index contributed by atoms with van der Waals surface area (Å²) in [5.41, 5.74) is 2.04. The van der Waals surface area contributed by atoms with Crippen LogP contribution >= 0.6 is 0 Å². The first-order chi connectivity index (χ1) is 14.0. The standard InChI is InChI=1S/C21H27N5O3/c1-14-6-4-7-15(2)20(14)29-13-19(28)24-10-11-26-18(12-24)22-23-21(26)17-8-5-9-25(17)16(3)27/h4,6-7,17H,5,8-13H2,1-3H3/t17-/m0/s1. The zero-order valence-electron chi connectivity index (χ0n) is 17.2. The van der Waals surface area contributed by atoms with Crippen molar-refractivity contribution in [3.05, 3.63) is 41.0 Å². The number of likely N-dealkylation sites (tertiary alicyclic amines) is 1. The van der Waals surface area contributed by atoms with Crippen LogP contribution in [-0.4, -0.2) is 56.1 Å². The van der Waals surface area contributed by atoms with E-state index in [9.17, 15) is 9.59 Å². The van der Waals surface area contributed by atoms with Crippen LogP contribution in [0.15, 0.2) is 18.2 Å². The summed E-state index contributed by atoms with van der Waals surface area (Å²) in [7, 11) is 0. The second kappa shape index (κ2) is 7.85. The molecule has 29 heavy (non-hydrogen) atoms. The maximum absolute atomic E-state index is 12.7. The van der Waals surface area contributed by atoms with Gasteiger partial charge in [-0.2, -0.15) is 0 Å². The fourth-order valence-corrected chi connectivity index (χ4v) is 4.30. The summed E-state index contributed by atoms with van der Waals surface area (Å²) in [5.74, 6) is 2.39. The molecule has 2 aromatic rings. The van der Waals surface area contributed by atoms with Gasteiger partial charge in [-0.1, -0.05) is 18.2 Å². The molecule has 4 rings (SSSR count). The minimum Gasteiger partial charge on any atom is -0.483 e. The highest BCUT2D eigenvalue weighted by atomic mass is 16.5. The molecule has 0 N–H and O–H groups in total. The molecule has 1 aromatic heterocycles. The number of benzene rings is 1. The first kappa shape index (κ1) is 19.4. The molecule has 154 valence electrons. The third kappa shape index (κ3) is 3.71. The first-order valence-corrected chi connectivity index (χ1v) is 10.1. The number of fused-ring (bicyclic) bond motifs is 1. The summed E-state index contributed by atoms with van der Waals surface area (Å²) < 4.78 is 7.89. The van der Waals surface area contributed by atoms with Crippen LogP contribution in [0.1, 0.15) is 48.6 Å². The Morgan fingerprint density at radius 1 is 1.14 bits per heavy atom. The Labute approximate surface area is 170 Å². The van der Waals surface area contributed by atoms with Crippen molar-refractivity contribution in [3.8, 4) is 5.75 Å². The maximum Gasteiger partial charge on any atom is 0.260 e. The number of nitrogens with zero attached hydrogens (tertiary/aromatic N) is 5. The van der Waals surface area contributed by atoms with Crippen LogP contribution in [0.2, 0.25) is 0 Å². The number of rotatable bonds is 4. The number of carbonyl (C=O) groups excluding carboxylic acids is 2. The van der Waals surface area contributed by atoms with E-state index in [1.807, 2.05) is 36.9 Å². The Kier molecular flexibility index (Phi) is 5.25. The topological polar surface area (TPSA) is 80.6 Å². The van der Waals surface area contributed by atoms with Gasteiger partial charge in [0.05, 0.1) is 12.6 Å². The number of aromatic nitrogens is 3. The number of ether oxygens (including phenoxy) is 1. The molecule has 0 unspecified atom stereocenters. The molecule has 8 nitrogen and oxygen atoms in total. The number of hydrogen-bond acceptors (Lipinski definition) is 5. The molecular formula is C21H27N5O3. The van der Waals surface area contributed by atoms with Gasteiger partial charge in [0.2, 0.25) is 5.91 Å². The first-order valence-electron chi connectivity index (χ1n) is 10.1. The SMILES string of the molecule is CC(=O)N1CCC[C@H]1c1nnc2n1CCN(C(=O)COc1c(C)cccc1C)C2. The van der Waals surface area contributed by atoms with E-state index in [1.54, 1.807) is 11.8 Å². The molecule has 0 radical (unpaired) electrons. The minimum atomic E-state index is -0.0605. The van der Waals surface area contributed by atoms with Crippen molar-refractivity contribution in [2.45, 2.75) is 52.7 Å². The lowest BCUT2D eigenvalue weighted by Gasteiger charge is -2.30.